The number of nitrogens with zero attached hydrogens (tertiary/aromatic N) is 2. The maximum absolute atomic E-state index is 13.3. The van der Waals surface area contributed by atoms with Gasteiger partial charge in [-0.2, -0.15) is 0 Å². The molecule has 0 radical (unpaired) electrons. The molecule has 3 rings (SSSR count). The topological polar surface area (TPSA) is 107 Å². The number of carbonyl (C=O) groups excluding carboxylic acids is 2. The Morgan fingerprint density at radius 1 is 1.04 bits per heavy atom. The summed E-state index contributed by atoms with van der Waals surface area (Å²) in [6.07, 6.45) is 0. The minimum absolute atomic E-state index is 0.319. The third-order valence-corrected chi connectivity index (χ3v) is 5.94. The van der Waals surface area contributed by atoms with Gasteiger partial charge in [-0.25, -0.2) is 4.98 Å². The molecule has 1 fully saturated rings. The van der Waals surface area contributed by atoms with Gasteiger partial charge in [0.1, 0.15) is 51.1 Å². The Morgan fingerprint density at radius 2 is 1.65 bits per heavy atom. The van der Waals surface area contributed by atoms with E-state index in [-0.39, 0.29) is 17.3 Å². The molecule has 26 heavy (non-hydrogen) atoms. The molecule has 3 unspecified atom stereocenters. The maximum atomic E-state index is 13.3. The molecule has 1 aliphatic rings. The third kappa shape index (κ3) is 2.42. The number of anilines is 1. The molecule has 1 aromatic heterocycles. The van der Waals surface area contributed by atoms with Crippen molar-refractivity contribution in [2.24, 2.45) is 0 Å². The molecule has 12 heteroatoms. The highest BCUT2D eigenvalue weighted by Crippen LogP contribution is 2.34. The first-order valence-electron chi connectivity index (χ1n) is 8.70. The van der Waals surface area contributed by atoms with Crippen LogP contribution in [-0.2, 0) is 9.59 Å². The van der Waals surface area contributed by atoms with Crippen molar-refractivity contribution in [2.75, 3.05) is 5.73 Å². The summed E-state index contributed by atoms with van der Waals surface area (Å²) >= 11 is 0. The van der Waals surface area contributed by atoms with Crippen LogP contribution in [0.4, 0.5) is 5.69 Å². The molecule has 0 bridgehead atoms. The number of rotatable bonds is 1. The predicted octanol–water partition coefficient (Wildman–Crippen LogP) is -6.90. The largest absolute Gasteiger partial charge is 0.398 e. The Hall–Kier alpha value is -2.38. The molecule has 3 N–H and O–H groups in total. The standard InChI is InChI=1S/C14H19B5N4O3/c1-2-21-10-3(9(20)5(16)4(15)6(10)17)14(26)23(2)11-7(18)8(19)12(24)22-13(11)25/h7-8,11H,15-20H2,1H3,(H,22,24,25). The van der Waals surface area contributed by atoms with Gasteiger partial charge in [0.15, 0.2) is 0 Å². The maximum Gasteiger partial charge on any atom is 0.264 e. The highest BCUT2D eigenvalue weighted by Gasteiger charge is 2.40. The average Bonchev–Trinajstić information content (AvgIpc) is 2.58. The van der Waals surface area contributed by atoms with Gasteiger partial charge in [0.05, 0.1) is 10.9 Å². The quantitative estimate of drug-likeness (QED) is 0.303. The van der Waals surface area contributed by atoms with E-state index in [2.05, 4.69) is 10.3 Å². The monoisotopic (exact) mass is 346 g/mol. The van der Waals surface area contributed by atoms with E-state index in [1.54, 1.807) is 22.6 Å². The van der Waals surface area contributed by atoms with Crippen molar-refractivity contribution < 1.29 is 9.59 Å². The van der Waals surface area contributed by atoms with Gasteiger partial charge in [0.2, 0.25) is 11.8 Å². The minimum atomic E-state index is -0.798. The second-order valence-corrected chi connectivity index (χ2v) is 7.29. The van der Waals surface area contributed by atoms with Crippen molar-refractivity contribution in [3.05, 3.63) is 16.2 Å². The predicted molar refractivity (Wildman–Crippen MR) is 116 cm³/mol. The van der Waals surface area contributed by atoms with Gasteiger partial charge in [-0.3, -0.25) is 24.3 Å². The van der Waals surface area contributed by atoms with E-state index >= 15 is 0 Å². The summed E-state index contributed by atoms with van der Waals surface area (Å²) in [5.74, 6) is -1.09. The van der Waals surface area contributed by atoms with Crippen LogP contribution >= 0.6 is 0 Å². The highest BCUT2D eigenvalue weighted by molar-refractivity contribution is 6.61. The summed E-state index contributed by atoms with van der Waals surface area (Å²) < 4.78 is 1.38. The molecule has 2 amide bonds. The number of hydrogen-bond donors (Lipinski definition) is 2. The number of imide groups is 1. The van der Waals surface area contributed by atoms with Gasteiger partial charge < -0.3 is 5.73 Å². The summed E-state index contributed by atoms with van der Waals surface area (Å²) in [4.78, 5) is 42.4. The van der Waals surface area contributed by atoms with Crippen LogP contribution in [0.25, 0.3) is 10.9 Å². The molecular weight excluding hydrogens is 326 g/mol. The lowest BCUT2D eigenvalue weighted by Gasteiger charge is -2.34. The van der Waals surface area contributed by atoms with Gasteiger partial charge in [-0.15, -0.1) is 0 Å². The number of nitrogen functional groups attached to an aromatic ring is 1. The molecule has 2 aromatic rings. The van der Waals surface area contributed by atoms with Crippen LogP contribution in [-0.4, -0.2) is 60.6 Å². The Labute approximate surface area is 155 Å². The van der Waals surface area contributed by atoms with Gasteiger partial charge in [-0.1, -0.05) is 16.4 Å². The molecule has 0 spiro atoms. The summed E-state index contributed by atoms with van der Waals surface area (Å²) in [6.45, 7) is 1.70. The number of fused-ring (bicyclic) bond motifs is 1. The summed E-state index contributed by atoms with van der Waals surface area (Å²) in [5.41, 5.74) is 9.61. The van der Waals surface area contributed by atoms with Gasteiger partial charge >= 0.3 is 0 Å². The number of aryl methyl sites for hydroxylation is 1. The van der Waals surface area contributed by atoms with Gasteiger partial charge in [-0.05, 0) is 12.7 Å². The lowest BCUT2D eigenvalue weighted by Crippen LogP contribution is -2.51. The van der Waals surface area contributed by atoms with Crippen molar-refractivity contribution in [3.8, 4) is 0 Å². The fourth-order valence-corrected chi connectivity index (χ4v) is 3.74. The Morgan fingerprint density at radius 3 is 2.27 bits per heavy atom. The molecule has 0 saturated carbocycles. The molecule has 1 aromatic carbocycles. The fourth-order valence-electron chi connectivity index (χ4n) is 3.74. The first kappa shape index (κ1) is 18.4. The lowest BCUT2D eigenvalue weighted by molar-refractivity contribution is -0.135. The van der Waals surface area contributed by atoms with E-state index in [1.165, 1.54) is 4.57 Å². The van der Waals surface area contributed by atoms with E-state index < -0.39 is 17.8 Å². The number of nitrogens with one attached hydrogen (secondary N) is 1. The number of amides is 2. The Bertz CT molecular complexity index is 1040. The number of benzene rings is 1. The molecule has 1 aliphatic heterocycles. The number of hydrogen-bond acceptors (Lipinski definition) is 5. The van der Waals surface area contributed by atoms with Crippen molar-refractivity contribution in [2.45, 2.75) is 24.6 Å². The van der Waals surface area contributed by atoms with Gasteiger partial charge in [0, 0.05) is 11.5 Å². The minimum Gasteiger partial charge on any atom is -0.398 e. The van der Waals surface area contributed by atoms with E-state index in [9.17, 15) is 14.4 Å². The van der Waals surface area contributed by atoms with Crippen molar-refractivity contribution in [3.63, 3.8) is 0 Å². The van der Waals surface area contributed by atoms with E-state index in [0.717, 1.165) is 16.4 Å². The van der Waals surface area contributed by atoms with Crippen LogP contribution in [0.3, 0.4) is 0 Å². The van der Waals surface area contributed by atoms with Crippen molar-refractivity contribution in [1.82, 2.24) is 14.9 Å². The van der Waals surface area contributed by atoms with Crippen LogP contribution in [0.1, 0.15) is 11.9 Å². The Balaban J connectivity index is 2.37. The number of nitrogens with two attached hydrogens (primary N) is 1. The first-order valence-corrected chi connectivity index (χ1v) is 8.70. The summed E-state index contributed by atoms with van der Waals surface area (Å²) in [5, 5.41) is 2.69. The van der Waals surface area contributed by atoms with Crippen LogP contribution in [0, 0.1) is 6.92 Å². The van der Waals surface area contributed by atoms with E-state index in [4.69, 9.17) is 5.73 Å². The van der Waals surface area contributed by atoms with Crippen molar-refractivity contribution in [1.29, 1.82) is 0 Å². The zero-order chi connectivity index (χ0) is 19.5. The summed E-state index contributed by atoms with van der Waals surface area (Å²) in [6, 6.07) is -0.798. The second kappa shape index (κ2) is 6.11. The normalized spacial score (nSPS) is 23.2. The van der Waals surface area contributed by atoms with Crippen LogP contribution in [0.5, 0.6) is 0 Å². The molecule has 1 saturated heterocycles. The van der Waals surface area contributed by atoms with Gasteiger partial charge in [0.25, 0.3) is 5.56 Å². The average molecular weight is 345 g/mol. The number of piperidine rings is 1. The fraction of sp³-hybridized carbons (Fsp3) is 0.286. The molecule has 2 heterocycles. The first-order chi connectivity index (χ1) is 12.1. The second-order valence-electron chi connectivity index (χ2n) is 7.29. The smallest absolute Gasteiger partial charge is 0.264 e. The summed E-state index contributed by atoms with van der Waals surface area (Å²) in [7, 11) is 9.29. The highest BCUT2D eigenvalue weighted by atomic mass is 16.2. The van der Waals surface area contributed by atoms with Crippen LogP contribution in [0.15, 0.2) is 4.79 Å². The van der Waals surface area contributed by atoms with Crippen LogP contribution in [0.2, 0.25) is 11.6 Å². The molecular formula is C14H19B5N4O3. The zero-order valence-electron chi connectivity index (χ0n) is 15.9. The molecule has 0 aliphatic carbocycles. The Kier molecular flexibility index (Phi) is 4.33. The van der Waals surface area contributed by atoms with E-state index in [0.29, 0.717) is 22.4 Å². The number of carbonyl (C=O) groups is 2. The molecule has 3 atom stereocenters. The number of aromatic nitrogens is 2. The molecule has 7 nitrogen and oxygen atoms in total. The van der Waals surface area contributed by atoms with Crippen molar-refractivity contribution >= 4 is 84.0 Å². The van der Waals surface area contributed by atoms with Crippen LogP contribution < -0.4 is 33.0 Å². The SMILES string of the molecule is Bc1c(B)c(N)c2c(=O)n(C3C(=O)NC(=O)C(B)C3B)c(C)nc2c1B. The lowest BCUT2D eigenvalue weighted by atomic mass is 9.61. The zero-order valence-corrected chi connectivity index (χ0v) is 15.9. The molecule has 128 valence electrons. The third-order valence-electron chi connectivity index (χ3n) is 5.94. The van der Waals surface area contributed by atoms with E-state index in [1.807, 2.05) is 23.5 Å².